The van der Waals surface area contributed by atoms with Crippen LogP contribution in [0.3, 0.4) is 0 Å². The summed E-state index contributed by atoms with van der Waals surface area (Å²) in [6, 6.07) is 9.22. The number of aromatic nitrogens is 3. The van der Waals surface area contributed by atoms with Crippen LogP contribution in [0.4, 0.5) is 10.5 Å². The highest BCUT2D eigenvalue weighted by atomic mass is 32.1. The maximum atomic E-state index is 12.4. The molecule has 7 heteroatoms. The van der Waals surface area contributed by atoms with Crippen LogP contribution in [0.1, 0.15) is 10.7 Å². The van der Waals surface area contributed by atoms with Crippen LogP contribution in [-0.4, -0.2) is 32.7 Å². The molecule has 0 saturated carbocycles. The molecule has 0 aliphatic carbocycles. The van der Waals surface area contributed by atoms with Crippen molar-refractivity contribution in [3.05, 3.63) is 58.8 Å². The van der Waals surface area contributed by atoms with Gasteiger partial charge in [-0.25, -0.2) is 14.5 Å². The topological polar surface area (TPSA) is 63.1 Å². The minimum atomic E-state index is -0.185. The number of nitrogens with one attached hydrogen (secondary N) is 1. The molecule has 0 bridgehead atoms. The summed E-state index contributed by atoms with van der Waals surface area (Å²) in [5.74, 6) is 0. The highest BCUT2D eigenvalue weighted by molar-refractivity contribution is 7.09. The molecule has 2 amide bonds. The van der Waals surface area contributed by atoms with E-state index in [0.29, 0.717) is 12.2 Å². The molecule has 3 aromatic rings. The molecule has 2 aromatic heterocycles. The van der Waals surface area contributed by atoms with Crippen LogP contribution in [0.15, 0.2) is 48.1 Å². The van der Waals surface area contributed by atoms with Gasteiger partial charge in [0, 0.05) is 24.8 Å². The molecule has 0 aliphatic heterocycles. The van der Waals surface area contributed by atoms with Crippen molar-refractivity contribution in [3.8, 4) is 5.69 Å². The van der Waals surface area contributed by atoms with Gasteiger partial charge < -0.3 is 10.2 Å². The van der Waals surface area contributed by atoms with E-state index in [-0.39, 0.29) is 6.03 Å². The zero-order valence-corrected chi connectivity index (χ0v) is 13.7. The van der Waals surface area contributed by atoms with Crippen LogP contribution in [0.5, 0.6) is 0 Å². The third kappa shape index (κ3) is 3.57. The molecule has 0 aliphatic rings. The van der Waals surface area contributed by atoms with Crippen LogP contribution in [0, 0.1) is 6.92 Å². The normalized spacial score (nSPS) is 10.5. The Labute approximate surface area is 138 Å². The van der Waals surface area contributed by atoms with Crippen molar-refractivity contribution in [1.29, 1.82) is 0 Å². The second-order valence-electron chi connectivity index (χ2n) is 5.11. The minimum absolute atomic E-state index is 0.185. The van der Waals surface area contributed by atoms with Gasteiger partial charge in [-0.3, -0.25) is 0 Å². The van der Waals surface area contributed by atoms with Crippen LogP contribution < -0.4 is 5.32 Å². The predicted octanol–water partition coefficient (Wildman–Crippen LogP) is 3.30. The van der Waals surface area contributed by atoms with Crippen molar-refractivity contribution < 1.29 is 4.79 Å². The number of benzene rings is 1. The lowest BCUT2D eigenvalue weighted by Gasteiger charge is -2.18. The Balaban J connectivity index is 1.73. The molecule has 0 atom stereocenters. The average molecular weight is 327 g/mol. The third-order valence-corrected chi connectivity index (χ3v) is 4.13. The van der Waals surface area contributed by atoms with E-state index in [1.807, 2.05) is 48.8 Å². The lowest BCUT2D eigenvalue weighted by Crippen LogP contribution is -2.31. The summed E-state index contributed by atoms with van der Waals surface area (Å²) in [6.45, 7) is 2.43. The highest BCUT2D eigenvalue weighted by Crippen LogP contribution is 2.19. The van der Waals surface area contributed by atoms with Gasteiger partial charge in [-0.15, -0.1) is 11.3 Å². The van der Waals surface area contributed by atoms with E-state index in [0.717, 1.165) is 16.4 Å². The SMILES string of the molecule is Cc1nc(CN(C)C(=O)Nc2ccccc2-n2cccn2)cs1. The second kappa shape index (κ2) is 6.62. The summed E-state index contributed by atoms with van der Waals surface area (Å²) in [5.41, 5.74) is 2.43. The first-order chi connectivity index (χ1) is 11.1. The van der Waals surface area contributed by atoms with Crippen LogP contribution in [0.25, 0.3) is 5.69 Å². The van der Waals surface area contributed by atoms with Crippen LogP contribution in [-0.2, 0) is 6.54 Å². The standard InChI is InChI=1S/C16H17N5OS/c1-12-18-13(11-23-12)10-20(2)16(22)19-14-6-3-4-7-15(14)21-9-5-8-17-21/h3-9,11H,10H2,1-2H3,(H,19,22). The summed E-state index contributed by atoms with van der Waals surface area (Å²) >= 11 is 1.58. The molecule has 118 valence electrons. The first-order valence-electron chi connectivity index (χ1n) is 7.15. The van der Waals surface area contributed by atoms with Gasteiger partial charge in [-0.05, 0) is 25.1 Å². The zero-order chi connectivity index (χ0) is 16.2. The van der Waals surface area contributed by atoms with E-state index in [2.05, 4.69) is 15.4 Å². The first kappa shape index (κ1) is 15.2. The van der Waals surface area contributed by atoms with E-state index < -0.39 is 0 Å². The van der Waals surface area contributed by atoms with Crippen LogP contribution >= 0.6 is 11.3 Å². The number of aryl methyl sites for hydroxylation is 1. The number of hydrogen-bond donors (Lipinski definition) is 1. The molecule has 1 aromatic carbocycles. The Morgan fingerprint density at radius 3 is 2.87 bits per heavy atom. The summed E-state index contributed by atoms with van der Waals surface area (Å²) in [7, 11) is 1.75. The Morgan fingerprint density at radius 1 is 1.35 bits per heavy atom. The van der Waals surface area contributed by atoms with Gasteiger partial charge >= 0.3 is 6.03 Å². The van der Waals surface area contributed by atoms with Gasteiger partial charge in [0.1, 0.15) is 0 Å². The number of para-hydroxylation sites is 2. The van der Waals surface area contributed by atoms with Gasteiger partial charge in [0.2, 0.25) is 0 Å². The predicted molar refractivity (Wildman–Crippen MR) is 90.9 cm³/mol. The minimum Gasteiger partial charge on any atom is -0.322 e. The summed E-state index contributed by atoms with van der Waals surface area (Å²) in [6.07, 6.45) is 3.54. The van der Waals surface area contributed by atoms with Gasteiger partial charge in [0.25, 0.3) is 0 Å². The quantitative estimate of drug-likeness (QED) is 0.799. The lowest BCUT2D eigenvalue weighted by atomic mass is 10.2. The Hall–Kier alpha value is -2.67. The number of thiazole rings is 1. The van der Waals surface area contributed by atoms with E-state index >= 15 is 0 Å². The van der Waals surface area contributed by atoms with Crippen molar-refractivity contribution in [2.45, 2.75) is 13.5 Å². The molecular weight excluding hydrogens is 310 g/mol. The van der Waals surface area contributed by atoms with E-state index in [1.54, 1.807) is 34.2 Å². The molecule has 3 rings (SSSR count). The number of carbonyl (C=O) groups is 1. The smallest absolute Gasteiger partial charge is 0.322 e. The largest absolute Gasteiger partial charge is 0.322 e. The molecular formula is C16H17N5OS. The van der Waals surface area contributed by atoms with Crippen molar-refractivity contribution >= 4 is 23.1 Å². The van der Waals surface area contributed by atoms with Gasteiger partial charge in [-0.2, -0.15) is 5.10 Å². The summed E-state index contributed by atoms with van der Waals surface area (Å²) in [5, 5.41) is 10.1. The summed E-state index contributed by atoms with van der Waals surface area (Å²) < 4.78 is 1.72. The van der Waals surface area contributed by atoms with Gasteiger partial charge in [-0.1, -0.05) is 12.1 Å². The monoisotopic (exact) mass is 327 g/mol. The molecule has 2 heterocycles. The van der Waals surface area contributed by atoms with Crippen molar-refractivity contribution in [1.82, 2.24) is 19.7 Å². The molecule has 0 unspecified atom stereocenters. The lowest BCUT2D eigenvalue weighted by molar-refractivity contribution is 0.220. The number of nitrogens with zero attached hydrogens (tertiary/aromatic N) is 4. The fourth-order valence-electron chi connectivity index (χ4n) is 2.20. The average Bonchev–Trinajstić information content (AvgIpc) is 3.19. The Morgan fingerprint density at radius 2 is 2.17 bits per heavy atom. The zero-order valence-electron chi connectivity index (χ0n) is 12.9. The number of amides is 2. The molecule has 23 heavy (non-hydrogen) atoms. The van der Waals surface area contributed by atoms with Crippen LogP contribution in [0.2, 0.25) is 0 Å². The molecule has 6 nitrogen and oxygen atoms in total. The van der Waals surface area contributed by atoms with E-state index in [1.165, 1.54) is 0 Å². The molecule has 0 radical (unpaired) electrons. The molecule has 0 fully saturated rings. The summed E-state index contributed by atoms with van der Waals surface area (Å²) in [4.78, 5) is 18.4. The second-order valence-corrected chi connectivity index (χ2v) is 6.17. The van der Waals surface area contributed by atoms with Crippen molar-refractivity contribution in [2.75, 3.05) is 12.4 Å². The number of hydrogen-bond acceptors (Lipinski definition) is 4. The molecule has 0 spiro atoms. The van der Waals surface area contributed by atoms with E-state index in [9.17, 15) is 4.79 Å². The first-order valence-corrected chi connectivity index (χ1v) is 8.03. The number of carbonyl (C=O) groups excluding carboxylic acids is 1. The fraction of sp³-hybridized carbons (Fsp3) is 0.188. The number of urea groups is 1. The van der Waals surface area contributed by atoms with Crippen molar-refractivity contribution in [2.24, 2.45) is 0 Å². The maximum Gasteiger partial charge on any atom is 0.322 e. The maximum absolute atomic E-state index is 12.4. The number of rotatable bonds is 4. The molecule has 1 N–H and O–H groups in total. The fourth-order valence-corrected chi connectivity index (χ4v) is 2.80. The van der Waals surface area contributed by atoms with Gasteiger partial charge in [0.15, 0.2) is 0 Å². The van der Waals surface area contributed by atoms with Gasteiger partial charge in [0.05, 0.1) is 28.6 Å². The highest BCUT2D eigenvalue weighted by Gasteiger charge is 2.13. The third-order valence-electron chi connectivity index (χ3n) is 3.31. The number of anilines is 1. The van der Waals surface area contributed by atoms with E-state index in [4.69, 9.17) is 0 Å². The molecule has 0 saturated heterocycles. The Bertz CT molecular complexity index is 796. The Kier molecular flexibility index (Phi) is 4.38. The van der Waals surface area contributed by atoms with Crippen molar-refractivity contribution in [3.63, 3.8) is 0 Å².